The van der Waals surface area contributed by atoms with Crippen molar-refractivity contribution in [1.82, 2.24) is 15.1 Å². The Morgan fingerprint density at radius 3 is 2.94 bits per heavy atom. The van der Waals surface area contributed by atoms with E-state index in [9.17, 15) is 4.39 Å². The summed E-state index contributed by atoms with van der Waals surface area (Å²) in [7, 11) is 0. The summed E-state index contributed by atoms with van der Waals surface area (Å²) in [5.74, 6) is -0.249. The molecule has 5 heteroatoms. The minimum atomic E-state index is -0.249. The van der Waals surface area contributed by atoms with E-state index in [0.29, 0.717) is 18.3 Å². The van der Waals surface area contributed by atoms with Crippen molar-refractivity contribution in [2.75, 3.05) is 0 Å². The van der Waals surface area contributed by atoms with Crippen molar-refractivity contribution in [3.8, 4) is 5.69 Å². The monoisotopic (exact) mass is 309 g/mol. The molecule has 1 heterocycles. The number of hydrogen-bond donors (Lipinski definition) is 1. The zero-order valence-electron chi connectivity index (χ0n) is 9.74. The van der Waals surface area contributed by atoms with Crippen LogP contribution in [0.5, 0.6) is 0 Å². The Labute approximate surface area is 113 Å². The van der Waals surface area contributed by atoms with Gasteiger partial charge in [0.15, 0.2) is 0 Å². The maximum Gasteiger partial charge on any atom is 0.149 e. The number of hydrogen-bond acceptors (Lipinski definition) is 2. The lowest BCUT2D eigenvalue weighted by Crippen LogP contribution is -2.17. The molecule has 0 radical (unpaired) electrons. The highest BCUT2D eigenvalue weighted by molar-refractivity contribution is 9.10. The van der Waals surface area contributed by atoms with Crippen LogP contribution < -0.4 is 5.32 Å². The van der Waals surface area contributed by atoms with E-state index in [0.717, 1.165) is 10.0 Å². The first-order chi connectivity index (χ1) is 8.74. The van der Waals surface area contributed by atoms with Crippen LogP contribution in [0.25, 0.3) is 5.69 Å². The maximum atomic E-state index is 14.0. The molecule has 1 saturated carbocycles. The van der Waals surface area contributed by atoms with Gasteiger partial charge in [-0.05, 0) is 40.4 Å². The Bertz CT molecular complexity index is 563. The summed E-state index contributed by atoms with van der Waals surface area (Å²) < 4.78 is 16.4. The Kier molecular flexibility index (Phi) is 3.18. The van der Waals surface area contributed by atoms with Gasteiger partial charge in [-0.1, -0.05) is 12.1 Å². The van der Waals surface area contributed by atoms with Crippen molar-refractivity contribution in [3.63, 3.8) is 0 Å². The predicted octanol–water partition coefficient (Wildman–Crippen LogP) is 3.03. The molecule has 94 valence electrons. The maximum absolute atomic E-state index is 14.0. The summed E-state index contributed by atoms with van der Waals surface area (Å²) in [6.07, 6.45) is 5.86. The SMILES string of the molecule is Fc1cccc(CNC2CC2)c1-n1cc(Br)cn1. The van der Waals surface area contributed by atoms with Gasteiger partial charge in [0.05, 0.1) is 10.7 Å². The summed E-state index contributed by atoms with van der Waals surface area (Å²) in [4.78, 5) is 0. The van der Waals surface area contributed by atoms with Crippen LogP contribution in [0.1, 0.15) is 18.4 Å². The van der Waals surface area contributed by atoms with Crippen LogP contribution in [-0.4, -0.2) is 15.8 Å². The summed E-state index contributed by atoms with van der Waals surface area (Å²) in [5.41, 5.74) is 1.45. The second-order valence-electron chi connectivity index (χ2n) is 4.51. The Morgan fingerprint density at radius 2 is 2.28 bits per heavy atom. The van der Waals surface area contributed by atoms with E-state index >= 15 is 0 Å². The third kappa shape index (κ3) is 2.47. The molecule has 3 nitrogen and oxygen atoms in total. The second kappa shape index (κ2) is 4.82. The minimum Gasteiger partial charge on any atom is -0.310 e. The van der Waals surface area contributed by atoms with Gasteiger partial charge < -0.3 is 5.32 Å². The molecule has 1 aliphatic carbocycles. The number of nitrogens with zero attached hydrogens (tertiary/aromatic N) is 2. The highest BCUT2D eigenvalue weighted by Crippen LogP contribution is 2.23. The fraction of sp³-hybridized carbons (Fsp3) is 0.308. The van der Waals surface area contributed by atoms with Crippen LogP contribution in [0.15, 0.2) is 35.1 Å². The zero-order chi connectivity index (χ0) is 12.5. The molecule has 0 bridgehead atoms. The summed E-state index contributed by atoms with van der Waals surface area (Å²) in [6, 6.07) is 5.74. The average Bonchev–Trinajstić information content (AvgIpc) is 3.09. The quantitative estimate of drug-likeness (QED) is 0.941. The van der Waals surface area contributed by atoms with Crippen molar-refractivity contribution in [3.05, 3.63) is 46.4 Å². The van der Waals surface area contributed by atoms with Crippen LogP contribution in [0.2, 0.25) is 0 Å². The molecule has 1 aromatic carbocycles. The highest BCUT2D eigenvalue weighted by Gasteiger charge is 2.21. The molecule has 3 rings (SSSR count). The normalized spacial score (nSPS) is 15.0. The van der Waals surface area contributed by atoms with E-state index in [2.05, 4.69) is 26.3 Å². The molecule has 1 N–H and O–H groups in total. The van der Waals surface area contributed by atoms with E-state index in [1.54, 1.807) is 23.1 Å². The molecule has 0 spiro atoms. The number of rotatable bonds is 4. The fourth-order valence-electron chi connectivity index (χ4n) is 1.92. The summed E-state index contributed by atoms with van der Waals surface area (Å²) in [6.45, 7) is 0.676. The third-order valence-corrected chi connectivity index (χ3v) is 3.42. The standard InChI is InChI=1S/C13H13BrFN3/c14-10-7-17-18(8-10)13-9(2-1-3-12(13)15)6-16-11-4-5-11/h1-3,7-8,11,16H,4-6H2. The first-order valence-corrected chi connectivity index (χ1v) is 6.74. The first-order valence-electron chi connectivity index (χ1n) is 5.95. The van der Waals surface area contributed by atoms with Gasteiger partial charge in [0, 0.05) is 18.8 Å². The predicted molar refractivity (Wildman–Crippen MR) is 71.1 cm³/mol. The Morgan fingerprint density at radius 1 is 1.44 bits per heavy atom. The third-order valence-electron chi connectivity index (χ3n) is 3.01. The zero-order valence-corrected chi connectivity index (χ0v) is 11.3. The van der Waals surface area contributed by atoms with Gasteiger partial charge in [-0.25, -0.2) is 9.07 Å². The molecule has 1 aromatic heterocycles. The van der Waals surface area contributed by atoms with Crippen molar-refractivity contribution in [2.24, 2.45) is 0 Å². The summed E-state index contributed by atoms with van der Waals surface area (Å²) in [5, 5.41) is 7.55. The summed E-state index contributed by atoms with van der Waals surface area (Å²) >= 11 is 3.33. The number of aromatic nitrogens is 2. The van der Waals surface area contributed by atoms with Crippen molar-refractivity contribution in [2.45, 2.75) is 25.4 Å². The number of benzene rings is 1. The minimum absolute atomic E-state index is 0.249. The molecule has 0 saturated heterocycles. The van der Waals surface area contributed by atoms with Crippen LogP contribution in [0.3, 0.4) is 0 Å². The molecule has 0 amide bonds. The number of para-hydroxylation sites is 1. The largest absolute Gasteiger partial charge is 0.310 e. The van der Waals surface area contributed by atoms with E-state index in [-0.39, 0.29) is 5.82 Å². The van der Waals surface area contributed by atoms with Gasteiger partial charge in [0.25, 0.3) is 0 Å². The van der Waals surface area contributed by atoms with Crippen LogP contribution in [-0.2, 0) is 6.54 Å². The smallest absolute Gasteiger partial charge is 0.149 e. The molecule has 18 heavy (non-hydrogen) atoms. The molecule has 0 atom stereocenters. The number of halogens is 2. The van der Waals surface area contributed by atoms with Crippen molar-refractivity contribution >= 4 is 15.9 Å². The fourth-order valence-corrected chi connectivity index (χ4v) is 2.21. The number of nitrogens with one attached hydrogen (secondary N) is 1. The van der Waals surface area contributed by atoms with Gasteiger partial charge in [0.2, 0.25) is 0 Å². The first kappa shape index (κ1) is 11.9. The second-order valence-corrected chi connectivity index (χ2v) is 5.42. The molecule has 2 aromatic rings. The molecule has 1 aliphatic rings. The van der Waals surface area contributed by atoms with E-state index in [1.807, 2.05) is 6.07 Å². The molecular formula is C13H13BrFN3. The van der Waals surface area contributed by atoms with Gasteiger partial charge >= 0.3 is 0 Å². The molecule has 0 aliphatic heterocycles. The van der Waals surface area contributed by atoms with Crippen molar-refractivity contribution in [1.29, 1.82) is 0 Å². The molecule has 0 unspecified atom stereocenters. The molecular weight excluding hydrogens is 297 g/mol. The lowest BCUT2D eigenvalue weighted by Gasteiger charge is -2.11. The Balaban J connectivity index is 1.94. The average molecular weight is 310 g/mol. The molecule has 1 fully saturated rings. The van der Waals surface area contributed by atoms with E-state index in [1.165, 1.54) is 18.9 Å². The van der Waals surface area contributed by atoms with Crippen LogP contribution in [0, 0.1) is 5.82 Å². The van der Waals surface area contributed by atoms with E-state index in [4.69, 9.17) is 0 Å². The van der Waals surface area contributed by atoms with Crippen LogP contribution in [0.4, 0.5) is 4.39 Å². The highest BCUT2D eigenvalue weighted by atomic mass is 79.9. The van der Waals surface area contributed by atoms with Gasteiger partial charge in [-0.2, -0.15) is 5.10 Å². The lowest BCUT2D eigenvalue weighted by atomic mass is 10.1. The van der Waals surface area contributed by atoms with E-state index < -0.39 is 0 Å². The van der Waals surface area contributed by atoms with Gasteiger partial charge in [-0.15, -0.1) is 0 Å². The Hall–Kier alpha value is -1.20. The topological polar surface area (TPSA) is 29.9 Å². The van der Waals surface area contributed by atoms with Gasteiger partial charge in [0.1, 0.15) is 11.5 Å². The lowest BCUT2D eigenvalue weighted by molar-refractivity contribution is 0.600. The van der Waals surface area contributed by atoms with Crippen LogP contribution >= 0.6 is 15.9 Å². The van der Waals surface area contributed by atoms with Crippen molar-refractivity contribution < 1.29 is 4.39 Å². The van der Waals surface area contributed by atoms with Gasteiger partial charge in [-0.3, -0.25) is 0 Å².